The summed E-state index contributed by atoms with van der Waals surface area (Å²) >= 11 is 0. The Morgan fingerprint density at radius 1 is 0.661 bits per heavy atom. The molecule has 6 aromatic carbocycles. The number of likely N-dealkylation sites (tertiary alicyclic amines) is 1. The first-order chi connectivity index (χ1) is 28.9. The van der Waals surface area contributed by atoms with Gasteiger partial charge in [-0.25, -0.2) is 4.79 Å². The highest BCUT2D eigenvalue weighted by Gasteiger charge is 2.24. The number of nitrogens with zero attached hydrogens (tertiary/aromatic N) is 1. The maximum absolute atomic E-state index is 13.5. The predicted octanol–water partition coefficient (Wildman–Crippen LogP) is 8.95. The lowest BCUT2D eigenvalue weighted by Crippen LogP contribution is -2.42. The monoisotopic (exact) mass is 787 g/mol. The second-order valence-electron chi connectivity index (χ2n) is 14.6. The molecule has 0 unspecified atom stereocenters. The van der Waals surface area contributed by atoms with Crippen LogP contribution < -0.4 is 21.3 Å². The fourth-order valence-electron chi connectivity index (χ4n) is 7.36. The summed E-state index contributed by atoms with van der Waals surface area (Å²) in [6.45, 7) is 3.66. The van der Waals surface area contributed by atoms with Gasteiger partial charge >= 0.3 is 6.09 Å². The Labute approximate surface area is 345 Å². The van der Waals surface area contributed by atoms with E-state index in [4.69, 9.17) is 4.74 Å². The topological polar surface area (TPSA) is 132 Å². The molecular weight excluding hydrogens is 739 g/mol. The van der Waals surface area contributed by atoms with E-state index in [1.807, 2.05) is 72.8 Å². The number of carbonyl (C=O) groups is 3. The van der Waals surface area contributed by atoms with Crippen molar-refractivity contribution in [2.45, 2.75) is 31.9 Å². The van der Waals surface area contributed by atoms with E-state index in [1.54, 1.807) is 36.4 Å². The summed E-state index contributed by atoms with van der Waals surface area (Å²) in [5.74, 6) is -0.153. The average Bonchev–Trinajstić information content (AvgIpc) is 3.27. The fraction of sp³-hybridized carbons (Fsp3) is 0.204. The van der Waals surface area contributed by atoms with E-state index >= 15 is 0 Å². The first-order valence-corrected chi connectivity index (χ1v) is 20.1. The lowest BCUT2D eigenvalue weighted by Gasteiger charge is -2.31. The standard InChI is InChI=1S/C49H49N5O5/c55-40-23-21-35(22-24-40)34-50-28-25-46(56)52-39-16-9-15-38(33-39)48(57)51-29-32-54-30-26-41(27-31-54)59-49(58)53-45-20-10-19-43(37-13-5-2-6-14-37)47(45)44-18-8-7-17-42(44)36-11-3-1-4-12-36/h1-24,33,41,50,55H,25-32,34H2,(H,51,57)(H,52,56)(H,53,58). The largest absolute Gasteiger partial charge is 0.508 e. The van der Waals surface area contributed by atoms with Gasteiger partial charge in [-0.3, -0.25) is 14.9 Å². The molecule has 0 aromatic heterocycles. The third-order valence-corrected chi connectivity index (χ3v) is 10.4. The SMILES string of the molecule is O=C(CCNCc1ccc(O)cc1)Nc1cccc(C(=O)NCCN2CCC(OC(=O)Nc3cccc(-c4ccccc4)c3-c3ccccc3-c3ccccc3)CC2)c1. The predicted molar refractivity (Wildman–Crippen MR) is 234 cm³/mol. The molecule has 10 nitrogen and oxygen atoms in total. The van der Waals surface area contributed by atoms with Crippen LogP contribution in [0.5, 0.6) is 5.75 Å². The molecule has 300 valence electrons. The first kappa shape index (κ1) is 40.4. The summed E-state index contributed by atoms with van der Waals surface area (Å²) in [6, 6.07) is 48.5. The van der Waals surface area contributed by atoms with Crippen molar-refractivity contribution in [3.05, 3.63) is 163 Å². The lowest BCUT2D eigenvalue weighted by atomic mass is 9.88. The molecular formula is C49H49N5O5. The quantitative estimate of drug-likeness (QED) is 0.0657. The van der Waals surface area contributed by atoms with Crippen LogP contribution in [0, 0.1) is 0 Å². The van der Waals surface area contributed by atoms with Crippen LogP contribution in [0.4, 0.5) is 16.2 Å². The molecule has 0 radical (unpaired) electrons. The highest BCUT2D eigenvalue weighted by Crippen LogP contribution is 2.42. The molecule has 7 rings (SSSR count). The van der Waals surface area contributed by atoms with Gasteiger partial charge in [0.15, 0.2) is 0 Å². The van der Waals surface area contributed by atoms with Crippen molar-refractivity contribution in [1.82, 2.24) is 15.5 Å². The lowest BCUT2D eigenvalue weighted by molar-refractivity contribution is -0.116. The number of hydrogen-bond acceptors (Lipinski definition) is 7. The number of benzene rings is 6. The molecule has 0 spiro atoms. The van der Waals surface area contributed by atoms with Crippen molar-refractivity contribution in [2.75, 3.05) is 43.4 Å². The van der Waals surface area contributed by atoms with Crippen molar-refractivity contribution in [3.63, 3.8) is 0 Å². The number of carbonyl (C=O) groups excluding carboxylic acids is 3. The van der Waals surface area contributed by atoms with E-state index in [1.165, 1.54) is 0 Å². The summed E-state index contributed by atoms with van der Waals surface area (Å²) in [7, 11) is 0. The van der Waals surface area contributed by atoms with Crippen LogP contribution in [0.3, 0.4) is 0 Å². The Kier molecular flexibility index (Phi) is 13.8. The second kappa shape index (κ2) is 20.1. The second-order valence-corrected chi connectivity index (χ2v) is 14.6. The minimum Gasteiger partial charge on any atom is -0.508 e. The maximum Gasteiger partial charge on any atom is 0.411 e. The Morgan fingerprint density at radius 2 is 1.31 bits per heavy atom. The summed E-state index contributed by atoms with van der Waals surface area (Å²) in [6.07, 6.45) is 0.924. The Morgan fingerprint density at radius 3 is 2.03 bits per heavy atom. The van der Waals surface area contributed by atoms with Crippen molar-refractivity contribution < 1.29 is 24.2 Å². The van der Waals surface area contributed by atoms with Gasteiger partial charge in [0.1, 0.15) is 11.9 Å². The van der Waals surface area contributed by atoms with Crippen LogP contribution in [0.15, 0.2) is 152 Å². The van der Waals surface area contributed by atoms with Gasteiger partial charge in [-0.2, -0.15) is 0 Å². The number of phenolic OH excluding ortho intramolecular Hbond substituents is 1. The fourth-order valence-corrected chi connectivity index (χ4v) is 7.36. The normalized spacial score (nSPS) is 13.0. The third kappa shape index (κ3) is 11.2. The minimum atomic E-state index is -0.486. The summed E-state index contributed by atoms with van der Waals surface area (Å²) in [5.41, 5.74) is 8.86. The van der Waals surface area contributed by atoms with Gasteiger partial charge in [-0.05, 0) is 82.6 Å². The van der Waals surface area contributed by atoms with Gasteiger partial charge in [0.05, 0.1) is 5.69 Å². The van der Waals surface area contributed by atoms with Crippen molar-refractivity contribution in [1.29, 1.82) is 0 Å². The van der Waals surface area contributed by atoms with Crippen LogP contribution in [0.1, 0.15) is 35.2 Å². The molecule has 6 aromatic rings. The van der Waals surface area contributed by atoms with Gasteiger partial charge in [-0.1, -0.05) is 115 Å². The number of aromatic hydroxyl groups is 1. The molecule has 1 fully saturated rings. The zero-order valence-corrected chi connectivity index (χ0v) is 32.9. The van der Waals surface area contributed by atoms with Crippen LogP contribution in [-0.2, 0) is 16.1 Å². The number of rotatable bonds is 15. The first-order valence-electron chi connectivity index (χ1n) is 20.1. The van der Waals surface area contributed by atoms with Gasteiger partial charge in [0.2, 0.25) is 5.91 Å². The smallest absolute Gasteiger partial charge is 0.411 e. The average molecular weight is 788 g/mol. The molecule has 5 N–H and O–H groups in total. The van der Waals surface area contributed by atoms with Gasteiger partial charge < -0.3 is 30.7 Å². The molecule has 1 heterocycles. The van der Waals surface area contributed by atoms with E-state index in [2.05, 4.69) is 68.6 Å². The Hall–Kier alpha value is -6.75. The zero-order valence-electron chi connectivity index (χ0n) is 32.9. The highest BCUT2D eigenvalue weighted by molar-refractivity contribution is 6.02. The maximum atomic E-state index is 13.5. The summed E-state index contributed by atoms with van der Waals surface area (Å²) < 4.78 is 6.00. The number of anilines is 2. The third-order valence-electron chi connectivity index (χ3n) is 10.4. The number of amides is 3. The van der Waals surface area contributed by atoms with Crippen LogP contribution in [0.2, 0.25) is 0 Å². The Balaban J connectivity index is 0.879. The van der Waals surface area contributed by atoms with E-state index in [-0.39, 0.29) is 30.1 Å². The van der Waals surface area contributed by atoms with Gasteiger partial charge in [0.25, 0.3) is 5.91 Å². The van der Waals surface area contributed by atoms with E-state index in [0.717, 1.165) is 52.0 Å². The number of ether oxygens (including phenoxy) is 1. The van der Waals surface area contributed by atoms with Crippen LogP contribution in [-0.4, -0.2) is 66.7 Å². The molecule has 3 amide bonds. The Bertz CT molecular complexity index is 2330. The zero-order chi connectivity index (χ0) is 40.8. The van der Waals surface area contributed by atoms with Crippen molar-refractivity contribution in [3.8, 4) is 39.1 Å². The summed E-state index contributed by atoms with van der Waals surface area (Å²) in [5, 5.41) is 21.6. The molecule has 0 bridgehead atoms. The van der Waals surface area contributed by atoms with Crippen molar-refractivity contribution >= 4 is 29.3 Å². The molecule has 0 saturated carbocycles. The molecule has 10 heteroatoms. The van der Waals surface area contributed by atoms with Gasteiger partial charge in [0, 0.05) is 62.5 Å². The van der Waals surface area contributed by atoms with Gasteiger partial charge in [-0.15, -0.1) is 0 Å². The molecule has 0 aliphatic carbocycles. The van der Waals surface area contributed by atoms with E-state index in [0.29, 0.717) is 56.0 Å². The number of piperidine rings is 1. The van der Waals surface area contributed by atoms with Crippen LogP contribution in [0.25, 0.3) is 33.4 Å². The van der Waals surface area contributed by atoms with Crippen LogP contribution >= 0.6 is 0 Å². The van der Waals surface area contributed by atoms with Crippen molar-refractivity contribution in [2.24, 2.45) is 0 Å². The molecule has 1 aliphatic rings. The van der Waals surface area contributed by atoms with E-state index < -0.39 is 6.09 Å². The molecule has 0 atom stereocenters. The number of phenols is 1. The molecule has 1 saturated heterocycles. The van der Waals surface area contributed by atoms with E-state index in [9.17, 15) is 19.5 Å². The number of hydrogen-bond donors (Lipinski definition) is 5. The molecule has 1 aliphatic heterocycles. The highest BCUT2D eigenvalue weighted by atomic mass is 16.6. The summed E-state index contributed by atoms with van der Waals surface area (Å²) in [4.78, 5) is 41.3. The molecule has 59 heavy (non-hydrogen) atoms. The minimum absolute atomic E-state index is 0.155. The number of nitrogens with one attached hydrogen (secondary N) is 4.